The monoisotopic (exact) mass is 419 g/mol. The maximum absolute atomic E-state index is 10.0. The summed E-state index contributed by atoms with van der Waals surface area (Å²) in [6.07, 6.45) is -0.775. The van der Waals surface area contributed by atoms with Gasteiger partial charge < -0.3 is 24.5 Å². The summed E-state index contributed by atoms with van der Waals surface area (Å²) in [5.74, 6) is 0. The molecule has 0 saturated heterocycles. The normalized spacial score (nSPS) is 10.9. The average molecular weight is 420 g/mol. The van der Waals surface area contributed by atoms with E-state index in [9.17, 15) is 4.79 Å². The Morgan fingerprint density at radius 1 is 1.18 bits per heavy atom. The molecule has 1 atom stereocenters. The number of rotatable bonds is 4. The summed E-state index contributed by atoms with van der Waals surface area (Å²) >= 11 is 0.831. The number of nitrogens with two attached hydrogens (primary N) is 1. The summed E-state index contributed by atoms with van der Waals surface area (Å²) in [6, 6.07) is 4.15. The number of methoxy groups -OCH3 is 1. The molecule has 1 aromatic rings. The Bertz CT molecular complexity index is 507. The zero-order valence-electron chi connectivity index (χ0n) is 19.5. The first-order valence-electron chi connectivity index (χ1n) is 9.40. The van der Waals surface area contributed by atoms with Crippen LogP contribution < -0.4 is 5.73 Å². The van der Waals surface area contributed by atoms with Crippen LogP contribution in [0.25, 0.3) is 0 Å². The van der Waals surface area contributed by atoms with Crippen LogP contribution in [0.5, 0.6) is 0 Å². The van der Waals surface area contributed by atoms with E-state index in [-0.39, 0.29) is 6.29 Å². The smallest absolute Gasteiger partial charge is 0.405 e. The summed E-state index contributed by atoms with van der Waals surface area (Å²) in [5.41, 5.74) is 7.81. The molecule has 0 bridgehead atoms. The molecule has 0 aliphatic carbocycles. The van der Waals surface area contributed by atoms with Gasteiger partial charge in [0.15, 0.2) is 6.29 Å². The summed E-state index contributed by atoms with van der Waals surface area (Å²) in [6.45, 7) is 19.9. The highest BCUT2D eigenvalue weighted by Gasteiger charge is 2.12. The molecule has 166 valence electrons. The second-order valence-corrected chi connectivity index (χ2v) is 7.20. The van der Waals surface area contributed by atoms with E-state index in [1.807, 2.05) is 41.5 Å². The van der Waals surface area contributed by atoms with Gasteiger partial charge in [0.1, 0.15) is 5.60 Å². The topological polar surface area (TPSA) is 91.0 Å². The molecule has 1 rings (SSSR count). The molecule has 1 aromatic carbocycles. The Morgan fingerprint density at radius 3 is 1.79 bits per heavy atom. The average Bonchev–Trinajstić information content (AvgIpc) is 2.55. The molecule has 0 heterocycles. The van der Waals surface area contributed by atoms with Crippen LogP contribution in [0.3, 0.4) is 0 Å². The SMILES string of the molecule is CC.CC(C)(C)OC(N)=O.CCOC(C)OC.Cc1cc(C)c(SO)c(C)c1. The predicted octanol–water partition coefficient (Wildman–Crippen LogP) is 6.10. The number of aryl methyl sites for hydroxylation is 3. The largest absolute Gasteiger partial charge is 0.444 e. The van der Waals surface area contributed by atoms with Crippen molar-refractivity contribution < 1.29 is 23.6 Å². The maximum atomic E-state index is 10.0. The van der Waals surface area contributed by atoms with E-state index in [4.69, 9.17) is 19.8 Å². The van der Waals surface area contributed by atoms with Crippen LogP contribution in [-0.2, 0) is 14.2 Å². The van der Waals surface area contributed by atoms with E-state index >= 15 is 0 Å². The van der Waals surface area contributed by atoms with Gasteiger partial charge in [-0.1, -0.05) is 31.5 Å². The van der Waals surface area contributed by atoms with Crippen LogP contribution in [0, 0.1) is 20.8 Å². The first-order valence-corrected chi connectivity index (χ1v) is 10.2. The molecular weight excluding hydrogens is 378 g/mol. The van der Waals surface area contributed by atoms with Crippen molar-refractivity contribution in [1.82, 2.24) is 0 Å². The molecule has 0 saturated carbocycles. The minimum atomic E-state index is -0.725. The molecule has 1 amide bonds. The fraction of sp³-hybridized carbons (Fsp3) is 0.667. The van der Waals surface area contributed by atoms with Crippen molar-refractivity contribution in [3.05, 3.63) is 28.8 Å². The second-order valence-electron chi connectivity index (χ2n) is 6.61. The third-order valence-corrected chi connectivity index (χ3v) is 3.66. The van der Waals surface area contributed by atoms with Crippen LogP contribution in [0.15, 0.2) is 17.0 Å². The van der Waals surface area contributed by atoms with Gasteiger partial charge in [0.25, 0.3) is 0 Å². The number of hydrogen-bond acceptors (Lipinski definition) is 6. The number of carbonyl (C=O) groups excluding carboxylic acids is 1. The Hall–Kier alpha value is -1.28. The molecule has 0 aliphatic heterocycles. The number of carbonyl (C=O) groups is 1. The standard InChI is InChI=1S/C9H12OS.C5H11NO2.C5H12O2.C2H6/c1-6-4-7(2)9(11-10)8(3)5-6;1-5(2,3)8-4(6)7;1-4-7-5(2)6-3;1-2/h4-5,10H,1-3H3;1-3H3,(H2,6,7);5H,4H2,1-3H3;1-2H3. The highest BCUT2D eigenvalue weighted by Crippen LogP contribution is 2.24. The van der Waals surface area contributed by atoms with Crippen LogP contribution >= 0.6 is 12.0 Å². The van der Waals surface area contributed by atoms with Gasteiger partial charge in [-0.05, 0) is 66.5 Å². The van der Waals surface area contributed by atoms with Gasteiger partial charge >= 0.3 is 6.09 Å². The van der Waals surface area contributed by atoms with Gasteiger partial charge in [0.2, 0.25) is 0 Å². The molecule has 0 spiro atoms. The zero-order chi connectivity index (χ0) is 22.9. The highest BCUT2D eigenvalue weighted by molar-refractivity contribution is 7.93. The van der Waals surface area contributed by atoms with E-state index in [0.717, 1.165) is 34.7 Å². The fourth-order valence-corrected chi connectivity index (χ4v) is 2.32. The Balaban J connectivity index is -0.000000330. The lowest BCUT2D eigenvalue weighted by Gasteiger charge is -2.16. The first-order chi connectivity index (χ1) is 12.9. The summed E-state index contributed by atoms with van der Waals surface area (Å²) in [7, 11) is 1.63. The van der Waals surface area contributed by atoms with Crippen molar-refractivity contribution >= 4 is 18.1 Å². The lowest BCUT2D eigenvalue weighted by atomic mass is 10.1. The predicted molar refractivity (Wildman–Crippen MR) is 119 cm³/mol. The lowest BCUT2D eigenvalue weighted by Crippen LogP contribution is -2.27. The van der Waals surface area contributed by atoms with Crippen molar-refractivity contribution in [3.8, 4) is 0 Å². The molecule has 1 unspecified atom stereocenters. The number of benzene rings is 1. The van der Waals surface area contributed by atoms with Gasteiger partial charge in [-0.15, -0.1) is 0 Å². The number of amides is 1. The van der Waals surface area contributed by atoms with Gasteiger partial charge in [0.05, 0.1) is 0 Å². The van der Waals surface area contributed by atoms with Crippen LogP contribution in [0.4, 0.5) is 4.79 Å². The Morgan fingerprint density at radius 2 is 1.61 bits per heavy atom. The third kappa shape index (κ3) is 19.5. The second kappa shape index (κ2) is 17.8. The molecular formula is C21H41NO5S. The third-order valence-electron chi connectivity index (χ3n) is 2.84. The van der Waals surface area contributed by atoms with Crippen LogP contribution in [0.2, 0.25) is 0 Å². The van der Waals surface area contributed by atoms with Crippen LogP contribution in [0.1, 0.15) is 65.2 Å². The molecule has 0 aromatic heterocycles. The van der Waals surface area contributed by atoms with Crippen molar-refractivity contribution in [1.29, 1.82) is 0 Å². The van der Waals surface area contributed by atoms with E-state index in [1.54, 1.807) is 27.9 Å². The van der Waals surface area contributed by atoms with Crippen molar-refractivity contribution in [2.45, 2.75) is 86.0 Å². The molecule has 0 fully saturated rings. The number of primary amides is 1. The molecule has 28 heavy (non-hydrogen) atoms. The van der Waals surface area contributed by atoms with Crippen molar-refractivity contribution in [2.75, 3.05) is 13.7 Å². The Kier molecular flexibility index (Phi) is 20.0. The highest BCUT2D eigenvalue weighted by atomic mass is 32.2. The minimum absolute atomic E-state index is 0.0509. The molecule has 0 aliphatic rings. The minimum Gasteiger partial charge on any atom is -0.444 e. The zero-order valence-corrected chi connectivity index (χ0v) is 20.3. The first kappa shape index (κ1) is 31.4. The van der Waals surface area contributed by atoms with E-state index < -0.39 is 11.7 Å². The molecule has 6 nitrogen and oxygen atoms in total. The van der Waals surface area contributed by atoms with Gasteiger partial charge in [0, 0.05) is 30.7 Å². The maximum Gasteiger partial charge on any atom is 0.405 e. The number of hydrogen-bond donors (Lipinski definition) is 2. The van der Waals surface area contributed by atoms with Crippen molar-refractivity contribution in [3.63, 3.8) is 0 Å². The van der Waals surface area contributed by atoms with Gasteiger partial charge in [-0.25, -0.2) is 4.79 Å². The summed E-state index contributed by atoms with van der Waals surface area (Å²) < 4.78 is 23.2. The van der Waals surface area contributed by atoms with E-state index in [0.29, 0.717) is 0 Å². The summed E-state index contributed by atoms with van der Waals surface area (Å²) in [5, 5.41) is 0. The molecule has 0 radical (unpaired) electrons. The van der Waals surface area contributed by atoms with E-state index in [2.05, 4.69) is 23.8 Å². The van der Waals surface area contributed by atoms with E-state index in [1.165, 1.54) is 5.56 Å². The number of ether oxygens (including phenoxy) is 3. The Labute approximate surface area is 176 Å². The molecule has 7 heteroatoms. The lowest BCUT2D eigenvalue weighted by molar-refractivity contribution is -0.106. The quantitative estimate of drug-likeness (QED) is 0.453. The van der Waals surface area contributed by atoms with Gasteiger partial charge in [-0.2, -0.15) is 0 Å². The molecule has 3 N–H and O–H groups in total. The van der Waals surface area contributed by atoms with Gasteiger partial charge in [-0.3, -0.25) is 0 Å². The fourth-order valence-electron chi connectivity index (χ4n) is 1.92. The van der Waals surface area contributed by atoms with Crippen LogP contribution in [-0.4, -0.2) is 36.3 Å². The van der Waals surface area contributed by atoms with Crippen molar-refractivity contribution in [2.24, 2.45) is 5.73 Å². The summed E-state index contributed by atoms with van der Waals surface area (Å²) in [4.78, 5) is 11.0.